The van der Waals surface area contributed by atoms with Gasteiger partial charge >= 0.3 is 0 Å². The second-order valence-electron chi connectivity index (χ2n) is 8.41. The molecule has 0 aliphatic carbocycles. The Labute approximate surface area is 168 Å². The molecule has 4 nitrogen and oxygen atoms in total. The molecule has 0 unspecified atom stereocenters. The monoisotopic (exact) mass is 385 g/mol. The van der Waals surface area contributed by atoms with Gasteiger partial charge in [-0.05, 0) is 50.5 Å². The molecule has 0 amide bonds. The van der Waals surface area contributed by atoms with E-state index in [0.29, 0.717) is 6.61 Å². The Balaban J connectivity index is 2.16. The molecule has 5 heteroatoms. The van der Waals surface area contributed by atoms with Crippen molar-refractivity contribution in [2.45, 2.75) is 58.9 Å². The minimum absolute atomic E-state index is 0.0628. The molecule has 2 aromatic heterocycles. The standard InChI is InChI=1S/C23H32FN3O/c1-7-19-18(9-8-16(3)25-19)21-15(2)12-20-22(26-21)23(4,5)10-11-27(20)17(13-24)14-28-6/h8-9,12,17H,7,10-11,13-14H2,1-6H3/t17-/m1/s1. The fourth-order valence-corrected chi connectivity index (χ4v) is 4.11. The molecular formula is C23H32FN3O. The van der Waals surface area contributed by atoms with Gasteiger partial charge in [0.1, 0.15) is 6.67 Å². The minimum atomic E-state index is -0.434. The predicted molar refractivity (Wildman–Crippen MR) is 113 cm³/mol. The molecule has 1 aliphatic heterocycles. The highest BCUT2D eigenvalue weighted by molar-refractivity contribution is 5.71. The number of anilines is 1. The van der Waals surface area contributed by atoms with E-state index in [9.17, 15) is 4.39 Å². The molecule has 0 radical (unpaired) electrons. The highest BCUT2D eigenvalue weighted by atomic mass is 19.1. The SMILES string of the molecule is CCc1nc(C)ccc1-c1nc2c(cc1C)N([C@H](CF)COC)CCC2(C)C. The molecule has 2 aromatic rings. The Morgan fingerprint density at radius 2 is 2.00 bits per heavy atom. The van der Waals surface area contributed by atoms with E-state index in [0.717, 1.165) is 59.0 Å². The van der Waals surface area contributed by atoms with E-state index in [1.54, 1.807) is 7.11 Å². The van der Waals surface area contributed by atoms with Gasteiger partial charge in [0.2, 0.25) is 0 Å². The number of aromatic nitrogens is 2. The Kier molecular flexibility index (Phi) is 6.04. The molecule has 0 aromatic carbocycles. The zero-order valence-electron chi connectivity index (χ0n) is 18.0. The van der Waals surface area contributed by atoms with Crippen LogP contribution < -0.4 is 4.90 Å². The molecule has 28 heavy (non-hydrogen) atoms. The van der Waals surface area contributed by atoms with Crippen LogP contribution in [0.5, 0.6) is 0 Å². The fraction of sp³-hybridized carbons (Fsp3) is 0.565. The number of fused-ring (bicyclic) bond motifs is 1. The first-order chi connectivity index (χ1) is 13.3. The first-order valence-corrected chi connectivity index (χ1v) is 10.1. The highest BCUT2D eigenvalue weighted by Gasteiger charge is 2.36. The van der Waals surface area contributed by atoms with Crippen molar-refractivity contribution in [3.8, 4) is 11.3 Å². The predicted octanol–water partition coefficient (Wildman–Crippen LogP) is 4.80. The lowest BCUT2D eigenvalue weighted by molar-refractivity contribution is 0.162. The van der Waals surface area contributed by atoms with Crippen LogP contribution >= 0.6 is 0 Å². The van der Waals surface area contributed by atoms with Gasteiger partial charge in [0.15, 0.2) is 0 Å². The summed E-state index contributed by atoms with van der Waals surface area (Å²) in [4.78, 5) is 12.0. The third-order valence-corrected chi connectivity index (χ3v) is 5.80. The van der Waals surface area contributed by atoms with E-state index >= 15 is 0 Å². The average molecular weight is 386 g/mol. The van der Waals surface area contributed by atoms with E-state index in [4.69, 9.17) is 14.7 Å². The molecule has 152 valence electrons. The van der Waals surface area contributed by atoms with Crippen molar-refractivity contribution in [2.24, 2.45) is 0 Å². The van der Waals surface area contributed by atoms with E-state index in [1.807, 2.05) is 13.0 Å². The summed E-state index contributed by atoms with van der Waals surface area (Å²) < 4.78 is 19.0. The zero-order chi connectivity index (χ0) is 20.5. The summed E-state index contributed by atoms with van der Waals surface area (Å²) in [5.41, 5.74) is 7.29. The maximum atomic E-state index is 13.7. The number of hydrogen-bond acceptors (Lipinski definition) is 4. The molecule has 3 heterocycles. The van der Waals surface area contributed by atoms with Crippen LogP contribution in [0.3, 0.4) is 0 Å². The second-order valence-corrected chi connectivity index (χ2v) is 8.41. The van der Waals surface area contributed by atoms with Crippen LogP contribution in [0, 0.1) is 13.8 Å². The molecule has 3 rings (SSSR count). The number of aryl methyl sites for hydroxylation is 3. The van der Waals surface area contributed by atoms with Gasteiger partial charge < -0.3 is 9.64 Å². The highest BCUT2D eigenvalue weighted by Crippen LogP contribution is 2.42. The van der Waals surface area contributed by atoms with E-state index < -0.39 is 6.67 Å². The summed E-state index contributed by atoms with van der Waals surface area (Å²) >= 11 is 0. The maximum Gasteiger partial charge on any atom is 0.112 e. The average Bonchev–Trinajstić information content (AvgIpc) is 2.66. The molecule has 1 atom stereocenters. The van der Waals surface area contributed by atoms with E-state index in [1.165, 1.54) is 0 Å². The third kappa shape index (κ3) is 3.77. The van der Waals surface area contributed by atoms with Gasteiger partial charge in [-0.25, -0.2) is 9.37 Å². The van der Waals surface area contributed by atoms with Crippen LogP contribution in [-0.2, 0) is 16.6 Å². The Bertz CT molecular complexity index is 850. The van der Waals surface area contributed by atoms with Gasteiger partial charge in [0, 0.05) is 36.0 Å². The summed E-state index contributed by atoms with van der Waals surface area (Å²) in [6, 6.07) is 6.07. The number of halogens is 1. The number of nitrogens with zero attached hydrogens (tertiary/aromatic N) is 3. The number of rotatable bonds is 6. The number of hydrogen-bond donors (Lipinski definition) is 0. The first kappa shape index (κ1) is 20.7. The van der Waals surface area contributed by atoms with Gasteiger partial charge in [0.05, 0.1) is 29.7 Å². The molecule has 1 aliphatic rings. The van der Waals surface area contributed by atoms with Crippen LogP contribution in [0.25, 0.3) is 11.3 Å². The smallest absolute Gasteiger partial charge is 0.112 e. The van der Waals surface area contributed by atoms with Crippen molar-refractivity contribution in [2.75, 3.05) is 31.8 Å². The normalized spacial score (nSPS) is 16.8. The van der Waals surface area contributed by atoms with Crippen LogP contribution in [0.4, 0.5) is 10.1 Å². The van der Waals surface area contributed by atoms with E-state index in [2.05, 4.69) is 44.7 Å². The van der Waals surface area contributed by atoms with E-state index in [-0.39, 0.29) is 11.5 Å². The van der Waals surface area contributed by atoms with Crippen molar-refractivity contribution in [1.29, 1.82) is 0 Å². The molecule has 0 N–H and O–H groups in total. The third-order valence-electron chi connectivity index (χ3n) is 5.80. The largest absolute Gasteiger partial charge is 0.382 e. The van der Waals surface area contributed by atoms with Crippen molar-refractivity contribution < 1.29 is 9.13 Å². The van der Waals surface area contributed by atoms with Gasteiger partial charge in [0.25, 0.3) is 0 Å². The quantitative estimate of drug-likeness (QED) is 0.716. The number of alkyl halides is 1. The van der Waals surface area contributed by atoms with Crippen LogP contribution in [0.2, 0.25) is 0 Å². The van der Waals surface area contributed by atoms with Gasteiger partial charge in [-0.1, -0.05) is 20.8 Å². The summed E-state index contributed by atoms with van der Waals surface area (Å²) in [5.74, 6) is 0. The zero-order valence-corrected chi connectivity index (χ0v) is 18.0. The summed E-state index contributed by atoms with van der Waals surface area (Å²) in [6.07, 6.45) is 1.80. The first-order valence-electron chi connectivity index (χ1n) is 10.1. The van der Waals surface area contributed by atoms with Crippen molar-refractivity contribution in [3.63, 3.8) is 0 Å². The molecular weight excluding hydrogens is 353 g/mol. The lowest BCUT2D eigenvalue weighted by atomic mass is 9.80. The van der Waals surface area contributed by atoms with Crippen molar-refractivity contribution in [3.05, 3.63) is 40.8 Å². The van der Waals surface area contributed by atoms with Gasteiger partial charge in [-0.3, -0.25) is 4.98 Å². The Hall–Kier alpha value is -2.01. The van der Waals surface area contributed by atoms with Crippen LogP contribution in [0.1, 0.15) is 49.8 Å². The molecule has 0 fully saturated rings. The summed E-state index contributed by atoms with van der Waals surface area (Å²) in [5, 5.41) is 0. The minimum Gasteiger partial charge on any atom is -0.382 e. The van der Waals surface area contributed by atoms with Gasteiger partial charge in [-0.15, -0.1) is 0 Å². The van der Waals surface area contributed by atoms with Crippen LogP contribution in [-0.4, -0.2) is 42.9 Å². The van der Waals surface area contributed by atoms with Gasteiger partial charge in [-0.2, -0.15) is 0 Å². The van der Waals surface area contributed by atoms with Crippen molar-refractivity contribution >= 4 is 5.69 Å². The molecule has 0 spiro atoms. The topological polar surface area (TPSA) is 38.2 Å². The number of pyridine rings is 2. The number of methoxy groups -OCH3 is 1. The molecule has 0 saturated carbocycles. The number of ether oxygens (including phenoxy) is 1. The van der Waals surface area contributed by atoms with Crippen molar-refractivity contribution in [1.82, 2.24) is 9.97 Å². The Morgan fingerprint density at radius 1 is 1.25 bits per heavy atom. The molecule has 0 bridgehead atoms. The van der Waals surface area contributed by atoms with Crippen LogP contribution in [0.15, 0.2) is 18.2 Å². The fourth-order valence-electron chi connectivity index (χ4n) is 4.11. The maximum absolute atomic E-state index is 13.7. The molecule has 0 saturated heterocycles. The lowest BCUT2D eigenvalue weighted by Crippen LogP contribution is -2.47. The lowest BCUT2D eigenvalue weighted by Gasteiger charge is -2.42. The Morgan fingerprint density at radius 3 is 2.64 bits per heavy atom. The summed E-state index contributed by atoms with van der Waals surface area (Å²) in [7, 11) is 1.63. The second kappa shape index (κ2) is 8.16. The summed E-state index contributed by atoms with van der Waals surface area (Å²) in [6.45, 7) is 11.4.